The minimum Gasteiger partial charge on any atom is -0.481 e. The number of amides is 1. The van der Waals surface area contributed by atoms with E-state index in [1.165, 1.54) is 0 Å². The number of hydrogen-bond donors (Lipinski definition) is 2. The van der Waals surface area contributed by atoms with Crippen LogP contribution >= 0.6 is 23.2 Å². The molecule has 2 atom stereocenters. The third-order valence-corrected chi connectivity index (χ3v) is 9.55. The summed E-state index contributed by atoms with van der Waals surface area (Å²) in [6.45, 7) is 7.01. The average Bonchev–Trinajstić information content (AvgIpc) is 3.25. The first-order valence-corrected chi connectivity index (χ1v) is 16.6. The zero-order valence-corrected chi connectivity index (χ0v) is 27.4. The van der Waals surface area contributed by atoms with Crippen molar-refractivity contribution in [2.75, 3.05) is 44.2 Å². The number of carbonyl (C=O) groups excluding carboxylic acids is 1. The van der Waals surface area contributed by atoms with Crippen LogP contribution in [0.4, 0.5) is 5.95 Å². The van der Waals surface area contributed by atoms with Gasteiger partial charge in [0.05, 0.1) is 24.5 Å². The Kier molecular flexibility index (Phi) is 10.2. The summed E-state index contributed by atoms with van der Waals surface area (Å²) in [7, 11) is 0. The van der Waals surface area contributed by atoms with E-state index in [0.29, 0.717) is 57.9 Å². The molecule has 3 saturated heterocycles. The Morgan fingerprint density at radius 3 is 2.28 bits per heavy atom. The summed E-state index contributed by atoms with van der Waals surface area (Å²) >= 11 is 12.7. The lowest BCUT2D eigenvalue weighted by atomic mass is 9.96. The van der Waals surface area contributed by atoms with Gasteiger partial charge in [0.15, 0.2) is 5.75 Å². The molecule has 3 aliphatic heterocycles. The molecule has 0 spiro atoms. The van der Waals surface area contributed by atoms with Crippen molar-refractivity contribution >= 4 is 41.0 Å². The van der Waals surface area contributed by atoms with Crippen molar-refractivity contribution in [2.24, 2.45) is 5.92 Å². The molecule has 6 rings (SSSR count). The first-order chi connectivity index (χ1) is 22.2. The van der Waals surface area contributed by atoms with Crippen LogP contribution in [0.25, 0.3) is 11.3 Å². The molecule has 2 unspecified atom stereocenters. The number of likely N-dealkylation sites (tertiary alicyclic amines) is 1. The first kappa shape index (κ1) is 32.4. The van der Waals surface area contributed by atoms with Gasteiger partial charge in [-0.3, -0.25) is 19.4 Å². The van der Waals surface area contributed by atoms with E-state index in [9.17, 15) is 9.59 Å². The molecule has 5 heterocycles. The SMILES string of the molecule is CC(=O)NCC1CCN(Cc2cc(Oc3cnc(N4CC5CCC(C4)N5CCC(=O)O)nc3)nc(-c3cc(Cl)cc(Cl)c3)c2)CC1. The summed E-state index contributed by atoms with van der Waals surface area (Å²) in [5.74, 6) is 1.28. The molecule has 2 bridgehead atoms. The van der Waals surface area contributed by atoms with Crippen LogP contribution in [0.15, 0.2) is 42.7 Å². The molecule has 3 aromatic rings. The van der Waals surface area contributed by atoms with E-state index in [0.717, 1.165) is 76.1 Å². The van der Waals surface area contributed by atoms with E-state index >= 15 is 0 Å². The van der Waals surface area contributed by atoms with Gasteiger partial charge in [-0.05, 0) is 74.5 Å². The molecule has 0 saturated carbocycles. The minimum absolute atomic E-state index is 0.0140. The van der Waals surface area contributed by atoms with Crippen LogP contribution in [-0.4, -0.2) is 93.1 Å². The number of benzene rings is 1. The molecule has 0 radical (unpaired) electrons. The van der Waals surface area contributed by atoms with Gasteiger partial charge < -0.3 is 20.1 Å². The second-order valence-corrected chi connectivity index (χ2v) is 13.4. The number of ether oxygens (including phenoxy) is 1. The number of carbonyl (C=O) groups is 2. The van der Waals surface area contributed by atoms with E-state index < -0.39 is 5.97 Å². The van der Waals surface area contributed by atoms with Crippen molar-refractivity contribution in [3.8, 4) is 22.9 Å². The molecule has 244 valence electrons. The smallest absolute Gasteiger partial charge is 0.304 e. The summed E-state index contributed by atoms with van der Waals surface area (Å²) in [5.41, 5.74) is 2.54. The lowest BCUT2D eigenvalue weighted by molar-refractivity contribution is -0.137. The molecule has 13 heteroatoms. The lowest BCUT2D eigenvalue weighted by Gasteiger charge is -2.40. The second-order valence-electron chi connectivity index (χ2n) is 12.5. The summed E-state index contributed by atoms with van der Waals surface area (Å²) in [5, 5.41) is 13.1. The Hall–Kier alpha value is -3.51. The molecule has 2 aromatic heterocycles. The normalized spacial score (nSPS) is 20.5. The van der Waals surface area contributed by atoms with Crippen LogP contribution in [0.2, 0.25) is 10.0 Å². The monoisotopic (exact) mass is 667 g/mol. The summed E-state index contributed by atoms with van der Waals surface area (Å²) in [4.78, 5) is 43.4. The van der Waals surface area contributed by atoms with Gasteiger partial charge in [-0.1, -0.05) is 23.2 Å². The summed E-state index contributed by atoms with van der Waals surface area (Å²) < 4.78 is 6.23. The zero-order valence-electron chi connectivity index (χ0n) is 25.9. The Morgan fingerprint density at radius 2 is 1.65 bits per heavy atom. The van der Waals surface area contributed by atoms with Gasteiger partial charge in [-0.2, -0.15) is 0 Å². The number of hydrogen-bond acceptors (Lipinski definition) is 9. The standard InChI is InChI=1S/C33H39Cl2N7O4/c1-21(43)36-15-22-4-7-40(8-5-22)18-23-10-30(24-12-25(34)14-26(35)13-24)39-31(11-23)46-29-16-37-33(38-17-29)41-19-27-2-3-28(20-41)42(27)9-6-32(44)45/h10-14,16-17,22,27-28H,2-9,15,18-20H2,1H3,(H,36,43)(H,44,45). The molecule has 3 aliphatic rings. The highest BCUT2D eigenvalue weighted by Crippen LogP contribution is 2.33. The number of halogens is 2. The van der Waals surface area contributed by atoms with Gasteiger partial charge in [0.25, 0.3) is 0 Å². The zero-order chi connectivity index (χ0) is 32.2. The van der Waals surface area contributed by atoms with Crippen molar-refractivity contribution in [2.45, 2.75) is 57.7 Å². The largest absolute Gasteiger partial charge is 0.481 e. The van der Waals surface area contributed by atoms with Crippen LogP contribution in [0.1, 0.15) is 44.6 Å². The van der Waals surface area contributed by atoms with Crippen LogP contribution in [0.3, 0.4) is 0 Å². The maximum Gasteiger partial charge on any atom is 0.304 e. The molecular weight excluding hydrogens is 629 g/mol. The lowest BCUT2D eigenvalue weighted by Crippen LogP contribution is -2.54. The van der Waals surface area contributed by atoms with Crippen LogP contribution in [-0.2, 0) is 16.1 Å². The van der Waals surface area contributed by atoms with Crippen LogP contribution < -0.4 is 15.0 Å². The number of fused-ring (bicyclic) bond motifs is 2. The predicted octanol–water partition coefficient (Wildman–Crippen LogP) is 5.11. The van der Waals surface area contributed by atoms with Gasteiger partial charge in [0.2, 0.25) is 17.7 Å². The minimum atomic E-state index is -0.760. The highest BCUT2D eigenvalue weighted by atomic mass is 35.5. The number of anilines is 1. The fourth-order valence-electron chi connectivity index (χ4n) is 6.84. The number of rotatable bonds is 11. The molecule has 0 aliphatic carbocycles. The predicted molar refractivity (Wildman–Crippen MR) is 176 cm³/mol. The number of carboxylic acids is 1. The van der Waals surface area contributed by atoms with Gasteiger partial charge in [-0.15, -0.1) is 0 Å². The fraction of sp³-hybridized carbons (Fsp3) is 0.485. The van der Waals surface area contributed by atoms with Gasteiger partial charge in [0.1, 0.15) is 0 Å². The van der Waals surface area contributed by atoms with Gasteiger partial charge in [0, 0.05) is 73.4 Å². The highest BCUT2D eigenvalue weighted by Gasteiger charge is 2.40. The Labute approximate surface area is 278 Å². The van der Waals surface area contributed by atoms with Crippen LogP contribution in [0, 0.1) is 5.92 Å². The maximum absolute atomic E-state index is 11.3. The number of piperazine rings is 1. The first-order valence-electron chi connectivity index (χ1n) is 15.8. The molecule has 2 N–H and O–H groups in total. The Balaban J connectivity index is 1.15. The third-order valence-electron chi connectivity index (χ3n) is 9.11. The number of nitrogens with zero attached hydrogens (tertiary/aromatic N) is 6. The van der Waals surface area contributed by atoms with Crippen molar-refractivity contribution < 1.29 is 19.4 Å². The van der Waals surface area contributed by atoms with E-state index in [2.05, 4.69) is 30.0 Å². The average molecular weight is 669 g/mol. The second kappa shape index (κ2) is 14.5. The van der Waals surface area contributed by atoms with E-state index in [1.807, 2.05) is 24.3 Å². The quantitative estimate of drug-likeness (QED) is 0.285. The topological polar surface area (TPSA) is 124 Å². The molecule has 3 fully saturated rings. The number of nitrogens with one attached hydrogen (secondary N) is 1. The number of aliphatic carboxylic acids is 1. The van der Waals surface area contributed by atoms with E-state index in [-0.39, 0.29) is 12.3 Å². The Morgan fingerprint density at radius 1 is 0.978 bits per heavy atom. The van der Waals surface area contributed by atoms with E-state index in [1.54, 1.807) is 25.4 Å². The number of piperidine rings is 1. The maximum atomic E-state index is 11.3. The number of carboxylic acid groups (broad SMARTS) is 1. The Bertz CT molecular complexity index is 1520. The van der Waals surface area contributed by atoms with Crippen molar-refractivity contribution in [3.63, 3.8) is 0 Å². The number of pyridine rings is 1. The molecule has 1 aromatic carbocycles. The van der Waals surface area contributed by atoms with E-state index in [4.69, 9.17) is 38.0 Å². The molecular formula is C33H39Cl2N7O4. The molecule has 11 nitrogen and oxygen atoms in total. The van der Waals surface area contributed by atoms with Crippen molar-refractivity contribution in [3.05, 3.63) is 58.3 Å². The van der Waals surface area contributed by atoms with Gasteiger partial charge >= 0.3 is 5.97 Å². The molecule has 46 heavy (non-hydrogen) atoms. The highest BCUT2D eigenvalue weighted by molar-refractivity contribution is 6.35. The summed E-state index contributed by atoms with van der Waals surface area (Å²) in [6, 6.07) is 9.98. The molecule has 1 amide bonds. The fourth-order valence-corrected chi connectivity index (χ4v) is 7.36. The van der Waals surface area contributed by atoms with Crippen LogP contribution in [0.5, 0.6) is 11.6 Å². The third kappa shape index (κ3) is 8.25. The van der Waals surface area contributed by atoms with Gasteiger partial charge in [-0.25, -0.2) is 15.0 Å². The van der Waals surface area contributed by atoms with Crippen molar-refractivity contribution in [1.29, 1.82) is 0 Å². The number of aromatic nitrogens is 3. The summed E-state index contributed by atoms with van der Waals surface area (Å²) in [6.07, 6.45) is 7.66. The van der Waals surface area contributed by atoms with Crippen molar-refractivity contribution in [1.82, 2.24) is 30.1 Å².